The van der Waals surface area contributed by atoms with Crippen molar-refractivity contribution in [3.8, 4) is 11.5 Å². The van der Waals surface area contributed by atoms with Gasteiger partial charge in [-0.25, -0.2) is 4.79 Å². The average molecular weight is 333 g/mol. The Morgan fingerprint density at radius 2 is 1.83 bits per heavy atom. The summed E-state index contributed by atoms with van der Waals surface area (Å²) in [5, 5.41) is 13.4. The SMILES string of the molecule is Cc1cc(-c2nnc(NC(=O)Nc3ccc(Cl)cc3)o2)c(C)o1. The van der Waals surface area contributed by atoms with Gasteiger partial charge in [0.05, 0.1) is 5.56 Å². The van der Waals surface area contributed by atoms with E-state index in [9.17, 15) is 4.79 Å². The Bertz CT molecular complexity index is 839. The first-order valence-corrected chi connectivity index (χ1v) is 7.13. The van der Waals surface area contributed by atoms with E-state index >= 15 is 0 Å². The lowest BCUT2D eigenvalue weighted by molar-refractivity contribution is 0.261. The monoisotopic (exact) mass is 332 g/mol. The van der Waals surface area contributed by atoms with Gasteiger partial charge >= 0.3 is 12.0 Å². The molecule has 2 aromatic heterocycles. The third kappa shape index (κ3) is 3.51. The van der Waals surface area contributed by atoms with E-state index < -0.39 is 6.03 Å². The molecule has 0 saturated carbocycles. The van der Waals surface area contributed by atoms with Crippen LogP contribution in [0, 0.1) is 13.8 Å². The molecule has 118 valence electrons. The molecule has 2 N–H and O–H groups in total. The topological polar surface area (TPSA) is 93.2 Å². The van der Waals surface area contributed by atoms with Crippen molar-refractivity contribution in [2.75, 3.05) is 10.6 Å². The van der Waals surface area contributed by atoms with Crippen LogP contribution in [-0.4, -0.2) is 16.2 Å². The van der Waals surface area contributed by atoms with E-state index in [1.54, 1.807) is 37.3 Å². The highest BCUT2D eigenvalue weighted by Gasteiger charge is 2.15. The standard InChI is InChI=1S/C15H13ClN4O3/c1-8-7-12(9(2)22-8)13-19-20-15(23-13)18-14(21)17-11-5-3-10(16)4-6-11/h3-7H,1-2H3,(H2,17,18,20,21). The third-order valence-corrected chi connectivity index (χ3v) is 3.27. The van der Waals surface area contributed by atoms with Gasteiger partial charge < -0.3 is 14.2 Å². The van der Waals surface area contributed by atoms with Crippen molar-refractivity contribution in [3.05, 3.63) is 46.9 Å². The molecule has 0 aliphatic heterocycles. The van der Waals surface area contributed by atoms with Crippen LogP contribution in [0.3, 0.4) is 0 Å². The quantitative estimate of drug-likeness (QED) is 0.748. The van der Waals surface area contributed by atoms with Crippen LogP contribution in [0.2, 0.25) is 5.02 Å². The Morgan fingerprint density at radius 1 is 1.09 bits per heavy atom. The van der Waals surface area contributed by atoms with Gasteiger partial charge in [0, 0.05) is 10.7 Å². The third-order valence-electron chi connectivity index (χ3n) is 3.02. The van der Waals surface area contributed by atoms with Gasteiger partial charge in [0.2, 0.25) is 0 Å². The molecule has 0 bridgehead atoms. The fraction of sp³-hybridized carbons (Fsp3) is 0.133. The molecule has 8 heteroatoms. The highest BCUT2D eigenvalue weighted by molar-refractivity contribution is 6.30. The van der Waals surface area contributed by atoms with Crippen LogP contribution in [0.5, 0.6) is 0 Å². The van der Waals surface area contributed by atoms with Crippen LogP contribution in [-0.2, 0) is 0 Å². The van der Waals surface area contributed by atoms with Crippen LogP contribution in [0.15, 0.2) is 39.2 Å². The molecule has 2 heterocycles. The molecule has 0 atom stereocenters. The fourth-order valence-electron chi connectivity index (χ4n) is 2.02. The fourth-order valence-corrected chi connectivity index (χ4v) is 2.14. The lowest BCUT2D eigenvalue weighted by Crippen LogP contribution is -2.19. The summed E-state index contributed by atoms with van der Waals surface area (Å²) in [6.45, 7) is 3.62. The second-order valence-electron chi connectivity index (χ2n) is 4.83. The predicted octanol–water partition coefficient (Wildman–Crippen LogP) is 4.24. The van der Waals surface area contributed by atoms with Gasteiger partial charge in [0.25, 0.3) is 5.89 Å². The molecule has 0 spiro atoms. The summed E-state index contributed by atoms with van der Waals surface area (Å²) in [4.78, 5) is 11.9. The van der Waals surface area contributed by atoms with Crippen molar-refractivity contribution in [2.45, 2.75) is 13.8 Å². The average Bonchev–Trinajstić information content (AvgIpc) is 3.07. The number of furan rings is 1. The molecule has 0 unspecified atom stereocenters. The van der Waals surface area contributed by atoms with Crippen molar-refractivity contribution < 1.29 is 13.6 Å². The molecule has 3 rings (SSSR count). The number of hydrogen-bond acceptors (Lipinski definition) is 5. The van der Waals surface area contributed by atoms with E-state index in [0.29, 0.717) is 22.0 Å². The van der Waals surface area contributed by atoms with Crippen molar-refractivity contribution in [2.24, 2.45) is 0 Å². The number of hydrogen-bond donors (Lipinski definition) is 2. The van der Waals surface area contributed by atoms with E-state index in [4.69, 9.17) is 20.4 Å². The summed E-state index contributed by atoms with van der Waals surface area (Å²) < 4.78 is 10.8. The first kappa shape index (κ1) is 15.1. The number of anilines is 2. The highest BCUT2D eigenvalue weighted by atomic mass is 35.5. The maximum atomic E-state index is 11.9. The lowest BCUT2D eigenvalue weighted by atomic mass is 10.2. The van der Waals surface area contributed by atoms with Gasteiger partial charge in [-0.05, 0) is 44.2 Å². The van der Waals surface area contributed by atoms with Gasteiger partial charge in [-0.15, -0.1) is 5.10 Å². The van der Waals surface area contributed by atoms with Crippen molar-refractivity contribution in [3.63, 3.8) is 0 Å². The summed E-state index contributed by atoms with van der Waals surface area (Å²) in [6.07, 6.45) is 0. The normalized spacial score (nSPS) is 10.6. The zero-order chi connectivity index (χ0) is 16.4. The molecule has 3 aromatic rings. The van der Waals surface area contributed by atoms with Gasteiger partial charge in [0.1, 0.15) is 11.5 Å². The molecule has 0 saturated heterocycles. The number of amides is 2. The largest absolute Gasteiger partial charge is 0.466 e. The smallest absolute Gasteiger partial charge is 0.327 e. The molecule has 7 nitrogen and oxygen atoms in total. The minimum absolute atomic E-state index is 0.00952. The highest BCUT2D eigenvalue weighted by Crippen LogP contribution is 2.26. The van der Waals surface area contributed by atoms with Gasteiger partial charge in [-0.1, -0.05) is 16.7 Å². The molecule has 1 aromatic carbocycles. The zero-order valence-corrected chi connectivity index (χ0v) is 13.1. The second-order valence-corrected chi connectivity index (χ2v) is 5.26. The summed E-state index contributed by atoms with van der Waals surface area (Å²) >= 11 is 5.78. The van der Waals surface area contributed by atoms with Crippen molar-refractivity contribution >= 4 is 29.3 Å². The number of aryl methyl sites for hydroxylation is 2. The van der Waals surface area contributed by atoms with Crippen LogP contribution in [0.1, 0.15) is 11.5 Å². The minimum Gasteiger partial charge on any atom is -0.466 e. The van der Waals surface area contributed by atoms with E-state index in [1.807, 2.05) is 6.92 Å². The maximum Gasteiger partial charge on any atom is 0.327 e. The van der Waals surface area contributed by atoms with Gasteiger partial charge in [-0.3, -0.25) is 5.32 Å². The molecular formula is C15H13ClN4O3. The Hall–Kier alpha value is -2.80. The lowest BCUT2D eigenvalue weighted by Gasteiger charge is -2.04. The van der Waals surface area contributed by atoms with E-state index in [0.717, 1.165) is 5.76 Å². The minimum atomic E-state index is -0.498. The van der Waals surface area contributed by atoms with Gasteiger partial charge in [0.15, 0.2) is 0 Å². The number of carbonyl (C=O) groups excluding carboxylic acids is 1. The first-order valence-electron chi connectivity index (χ1n) is 6.76. The van der Waals surface area contributed by atoms with E-state index in [1.165, 1.54) is 0 Å². The predicted molar refractivity (Wildman–Crippen MR) is 85.6 cm³/mol. The van der Waals surface area contributed by atoms with E-state index in [2.05, 4.69) is 20.8 Å². The van der Waals surface area contributed by atoms with Crippen molar-refractivity contribution in [1.29, 1.82) is 0 Å². The van der Waals surface area contributed by atoms with Gasteiger partial charge in [-0.2, -0.15) is 0 Å². The number of carbonyl (C=O) groups is 1. The summed E-state index contributed by atoms with van der Waals surface area (Å²) in [5.74, 6) is 1.69. The Balaban J connectivity index is 1.68. The summed E-state index contributed by atoms with van der Waals surface area (Å²) in [5.41, 5.74) is 1.29. The van der Waals surface area contributed by atoms with Crippen LogP contribution >= 0.6 is 11.6 Å². The van der Waals surface area contributed by atoms with Crippen LogP contribution < -0.4 is 10.6 Å². The first-order chi connectivity index (χ1) is 11.0. The molecule has 0 aliphatic rings. The molecule has 0 radical (unpaired) electrons. The number of aromatic nitrogens is 2. The molecule has 2 amide bonds. The molecular weight excluding hydrogens is 320 g/mol. The number of nitrogens with zero attached hydrogens (tertiary/aromatic N) is 2. The number of halogens is 1. The summed E-state index contributed by atoms with van der Waals surface area (Å²) in [7, 11) is 0. The number of nitrogens with one attached hydrogen (secondary N) is 2. The number of rotatable bonds is 3. The second kappa shape index (κ2) is 6.13. The van der Waals surface area contributed by atoms with Crippen LogP contribution in [0.25, 0.3) is 11.5 Å². The Kier molecular flexibility index (Phi) is 4.03. The maximum absolute atomic E-state index is 11.9. The Labute approximate surface area is 136 Å². The Morgan fingerprint density at radius 3 is 2.48 bits per heavy atom. The number of benzene rings is 1. The molecule has 0 aliphatic carbocycles. The number of urea groups is 1. The van der Waals surface area contributed by atoms with Crippen LogP contribution in [0.4, 0.5) is 16.5 Å². The van der Waals surface area contributed by atoms with Crippen molar-refractivity contribution in [1.82, 2.24) is 10.2 Å². The molecule has 23 heavy (non-hydrogen) atoms. The zero-order valence-electron chi connectivity index (χ0n) is 12.4. The molecule has 0 fully saturated rings. The van der Waals surface area contributed by atoms with E-state index in [-0.39, 0.29) is 11.9 Å². The summed E-state index contributed by atoms with van der Waals surface area (Å²) in [6, 6.07) is 7.99.